The number of nitrogens with one attached hydrogen (secondary N) is 1. The highest BCUT2D eigenvalue weighted by Crippen LogP contribution is 2.26. The molecule has 116 valence electrons. The van der Waals surface area contributed by atoms with Crippen molar-refractivity contribution in [3.8, 4) is 0 Å². The molecular weight excluding hydrogens is 342 g/mol. The molecule has 2 aromatic carbocycles. The van der Waals surface area contributed by atoms with Gasteiger partial charge < -0.3 is 0 Å². The molecule has 2 rings (SSSR count). The molecule has 0 spiro atoms. The lowest BCUT2D eigenvalue weighted by Gasteiger charge is -2.09. The maximum atomic E-state index is 13.8. The van der Waals surface area contributed by atoms with Crippen LogP contribution >= 0.6 is 11.6 Å². The average Bonchev–Trinajstić information content (AvgIpc) is 2.43. The third-order valence-corrected chi connectivity index (χ3v) is 4.29. The first kappa shape index (κ1) is 16.1. The van der Waals surface area contributed by atoms with E-state index in [4.69, 9.17) is 11.6 Å². The van der Waals surface area contributed by atoms with Gasteiger partial charge in [0.05, 0.1) is 15.6 Å². The lowest BCUT2D eigenvalue weighted by molar-refractivity contribution is -0.387. The van der Waals surface area contributed by atoms with E-state index >= 15 is 0 Å². The molecule has 0 heterocycles. The Hall–Kier alpha value is -2.26. The molecule has 0 amide bonds. The van der Waals surface area contributed by atoms with Gasteiger partial charge in [-0.25, -0.2) is 12.8 Å². The monoisotopic (exact) mass is 348 g/mol. The minimum absolute atomic E-state index is 0.285. The first-order valence-corrected chi connectivity index (χ1v) is 7.49. The summed E-state index contributed by atoms with van der Waals surface area (Å²) in [5.74, 6) is -2.28. The second-order valence-electron chi connectivity index (χ2n) is 4.08. The van der Waals surface area contributed by atoms with Gasteiger partial charge in [-0.1, -0.05) is 17.7 Å². The summed E-state index contributed by atoms with van der Waals surface area (Å²) in [5.41, 5.74) is -1.20. The normalized spacial score (nSPS) is 11.2. The molecule has 0 fully saturated rings. The van der Waals surface area contributed by atoms with E-state index in [2.05, 4.69) is 0 Å². The maximum absolute atomic E-state index is 13.8. The van der Waals surface area contributed by atoms with Crippen LogP contribution < -0.4 is 4.72 Å². The van der Waals surface area contributed by atoms with Gasteiger partial charge in [0.15, 0.2) is 5.82 Å². The average molecular weight is 349 g/mol. The van der Waals surface area contributed by atoms with E-state index in [9.17, 15) is 27.3 Å². The molecule has 0 saturated carbocycles. The molecule has 10 heteroatoms. The fourth-order valence-electron chi connectivity index (χ4n) is 1.62. The molecular formula is C12H7ClF2N2O4S. The van der Waals surface area contributed by atoms with Gasteiger partial charge in [-0.2, -0.15) is 4.39 Å². The number of halogens is 3. The van der Waals surface area contributed by atoms with Crippen LogP contribution in [-0.4, -0.2) is 13.3 Å². The van der Waals surface area contributed by atoms with Crippen LogP contribution in [-0.2, 0) is 10.0 Å². The molecule has 0 aliphatic rings. The van der Waals surface area contributed by atoms with Crippen LogP contribution in [0.5, 0.6) is 0 Å². The number of sulfonamides is 1. The van der Waals surface area contributed by atoms with Gasteiger partial charge in [0.1, 0.15) is 4.90 Å². The minimum atomic E-state index is -4.38. The SMILES string of the molecule is O=[N+]([O-])c1cc(NS(=O)(=O)c2cccc(Cl)c2F)ccc1F. The van der Waals surface area contributed by atoms with E-state index in [0.717, 1.165) is 18.2 Å². The number of hydrogen-bond acceptors (Lipinski definition) is 4. The van der Waals surface area contributed by atoms with Crippen molar-refractivity contribution in [3.63, 3.8) is 0 Å². The molecule has 0 radical (unpaired) electrons. The number of benzene rings is 2. The molecule has 2 aromatic rings. The third kappa shape index (κ3) is 3.15. The topological polar surface area (TPSA) is 89.3 Å². The molecule has 0 aromatic heterocycles. The first-order valence-electron chi connectivity index (χ1n) is 5.63. The van der Waals surface area contributed by atoms with Gasteiger partial charge in [0, 0.05) is 6.07 Å². The van der Waals surface area contributed by atoms with Crippen molar-refractivity contribution in [3.05, 3.63) is 63.2 Å². The quantitative estimate of drug-likeness (QED) is 0.678. The molecule has 0 bridgehead atoms. The van der Waals surface area contributed by atoms with Gasteiger partial charge in [0.2, 0.25) is 5.82 Å². The van der Waals surface area contributed by atoms with Gasteiger partial charge >= 0.3 is 5.69 Å². The van der Waals surface area contributed by atoms with Crippen molar-refractivity contribution in [1.82, 2.24) is 0 Å². The van der Waals surface area contributed by atoms with Crippen molar-refractivity contribution in [1.29, 1.82) is 0 Å². The second-order valence-corrected chi connectivity index (χ2v) is 6.14. The molecule has 0 aliphatic heterocycles. The fraction of sp³-hybridized carbons (Fsp3) is 0. The summed E-state index contributed by atoms with van der Waals surface area (Å²) in [4.78, 5) is 8.88. The van der Waals surface area contributed by atoms with Crippen LogP contribution in [0.3, 0.4) is 0 Å². The lowest BCUT2D eigenvalue weighted by atomic mass is 10.3. The third-order valence-electron chi connectivity index (χ3n) is 2.60. The summed E-state index contributed by atoms with van der Waals surface area (Å²) in [7, 11) is -4.38. The van der Waals surface area contributed by atoms with E-state index < -0.39 is 42.2 Å². The summed E-state index contributed by atoms with van der Waals surface area (Å²) in [6, 6.07) is 5.76. The Morgan fingerprint density at radius 1 is 1.18 bits per heavy atom. The summed E-state index contributed by atoms with van der Waals surface area (Å²) in [6.45, 7) is 0. The van der Waals surface area contributed by atoms with Gasteiger partial charge in [0.25, 0.3) is 10.0 Å². The molecule has 0 saturated heterocycles. The van der Waals surface area contributed by atoms with Crippen molar-refractivity contribution in [2.45, 2.75) is 4.90 Å². The molecule has 1 N–H and O–H groups in total. The van der Waals surface area contributed by atoms with Crippen LogP contribution in [0.2, 0.25) is 5.02 Å². The Morgan fingerprint density at radius 3 is 2.50 bits per heavy atom. The van der Waals surface area contributed by atoms with Crippen LogP contribution in [0.1, 0.15) is 0 Å². The number of nitro benzene ring substituents is 1. The van der Waals surface area contributed by atoms with E-state index in [0.29, 0.717) is 6.07 Å². The Labute approximate surface area is 128 Å². The molecule has 0 aliphatic carbocycles. The van der Waals surface area contributed by atoms with E-state index in [1.807, 2.05) is 4.72 Å². The molecule has 6 nitrogen and oxygen atoms in total. The number of anilines is 1. The predicted octanol–water partition coefficient (Wildman–Crippen LogP) is 3.33. The summed E-state index contributed by atoms with van der Waals surface area (Å²) in [6.07, 6.45) is 0. The summed E-state index contributed by atoms with van der Waals surface area (Å²) in [5, 5.41) is 10.2. The standard InChI is InChI=1S/C12H7ClF2N2O4S/c13-8-2-1-3-11(12(8)15)22(20,21)16-7-4-5-9(14)10(6-7)17(18)19/h1-6,16H. The highest BCUT2D eigenvalue weighted by atomic mass is 35.5. The Balaban J connectivity index is 2.43. The Morgan fingerprint density at radius 2 is 1.86 bits per heavy atom. The van der Waals surface area contributed by atoms with Gasteiger partial charge in [-0.15, -0.1) is 0 Å². The second kappa shape index (κ2) is 5.85. The van der Waals surface area contributed by atoms with Crippen molar-refractivity contribution >= 4 is 33.0 Å². The van der Waals surface area contributed by atoms with Crippen molar-refractivity contribution in [2.24, 2.45) is 0 Å². The molecule has 0 atom stereocenters. The molecule has 0 unspecified atom stereocenters. The van der Waals surface area contributed by atoms with E-state index in [1.165, 1.54) is 12.1 Å². The minimum Gasteiger partial charge on any atom is -0.279 e. The van der Waals surface area contributed by atoms with E-state index in [1.54, 1.807) is 0 Å². The zero-order valence-electron chi connectivity index (χ0n) is 10.6. The number of nitro groups is 1. The van der Waals surface area contributed by atoms with Crippen molar-refractivity contribution in [2.75, 3.05) is 4.72 Å². The molecule has 22 heavy (non-hydrogen) atoms. The van der Waals surface area contributed by atoms with Crippen molar-refractivity contribution < 1.29 is 22.1 Å². The fourth-order valence-corrected chi connectivity index (χ4v) is 3.00. The smallest absolute Gasteiger partial charge is 0.279 e. The van der Waals surface area contributed by atoms with Crippen LogP contribution in [0.25, 0.3) is 0 Å². The number of nitrogens with zero attached hydrogens (tertiary/aromatic N) is 1. The first-order chi connectivity index (χ1) is 10.2. The maximum Gasteiger partial charge on any atom is 0.306 e. The number of rotatable bonds is 4. The Bertz CT molecular complexity index is 858. The highest BCUT2D eigenvalue weighted by molar-refractivity contribution is 7.92. The van der Waals surface area contributed by atoms with Gasteiger partial charge in [-0.05, 0) is 24.3 Å². The van der Waals surface area contributed by atoms with Crippen LogP contribution in [0.15, 0.2) is 41.3 Å². The predicted molar refractivity (Wildman–Crippen MR) is 75.3 cm³/mol. The van der Waals surface area contributed by atoms with E-state index in [-0.39, 0.29) is 5.69 Å². The largest absolute Gasteiger partial charge is 0.306 e. The zero-order valence-corrected chi connectivity index (χ0v) is 12.2. The summed E-state index contributed by atoms with van der Waals surface area (Å²) >= 11 is 5.50. The lowest BCUT2D eigenvalue weighted by Crippen LogP contribution is -2.15. The highest BCUT2D eigenvalue weighted by Gasteiger charge is 2.22. The summed E-state index contributed by atoms with van der Waals surface area (Å²) < 4.78 is 53.0. The van der Waals surface area contributed by atoms with Gasteiger partial charge in [-0.3, -0.25) is 14.8 Å². The van der Waals surface area contributed by atoms with Crippen LogP contribution in [0.4, 0.5) is 20.2 Å². The zero-order chi connectivity index (χ0) is 16.5. The number of hydrogen-bond donors (Lipinski definition) is 1. The van der Waals surface area contributed by atoms with Crippen LogP contribution in [0, 0.1) is 21.7 Å². The Kier molecular flexibility index (Phi) is 4.29.